The van der Waals surface area contributed by atoms with Crippen molar-refractivity contribution in [3.8, 4) is 0 Å². The number of benzene rings is 1. The first kappa shape index (κ1) is 16.9. The molecule has 0 saturated carbocycles. The van der Waals surface area contributed by atoms with Gasteiger partial charge in [-0.2, -0.15) is 0 Å². The molecule has 0 spiro atoms. The van der Waals surface area contributed by atoms with E-state index in [1.165, 1.54) is 6.07 Å². The lowest BCUT2D eigenvalue weighted by atomic mass is 10.2. The maximum absolute atomic E-state index is 12.1. The number of nitrogens with one attached hydrogen (secondary N) is 1. The van der Waals surface area contributed by atoms with Crippen LogP contribution in [0.2, 0.25) is 0 Å². The summed E-state index contributed by atoms with van der Waals surface area (Å²) in [5.41, 5.74) is 6.72. The van der Waals surface area contributed by atoms with Crippen molar-refractivity contribution in [1.82, 2.24) is 9.62 Å². The van der Waals surface area contributed by atoms with Gasteiger partial charge in [0.15, 0.2) is 0 Å². The molecule has 0 saturated heterocycles. The van der Waals surface area contributed by atoms with E-state index in [4.69, 9.17) is 10.5 Å². The van der Waals surface area contributed by atoms with Gasteiger partial charge in [-0.3, -0.25) is 0 Å². The first-order valence-electron chi connectivity index (χ1n) is 6.41. The Balaban J connectivity index is 2.48. The fourth-order valence-corrected chi connectivity index (χ4v) is 2.87. The largest absolute Gasteiger partial charge is 0.399 e. The number of anilines is 1. The highest BCUT2D eigenvalue weighted by Crippen LogP contribution is 2.17. The minimum Gasteiger partial charge on any atom is -0.399 e. The van der Waals surface area contributed by atoms with E-state index in [9.17, 15) is 8.42 Å². The van der Waals surface area contributed by atoms with Crippen molar-refractivity contribution in [2.75, 3.05) is 46.1 Å². The van der Waals surface area contributed by atoms with Crippen molar-refractivity contribution in [2.24, 2.45) is 0 Å². The first-order chi connectivity index (χ1) is 9.33. The van der Waals surface area contributed by atoms with Gasteiger partial charge < -0.3 is 15.4 Å². The molecule has 0 amide bonds. The number of aryl methyl sites for hydroxylation is 1. The number of nitrogens with two attached hydrogens (primary N) is 1. The Kier molecular flexibility index (Phi) is 6.41. The molecule has 0 aliphatic heterocycles. The first-order valence-corrected chi connectivity index (χ1v) is 7.89. The molecule has 1 aromatic rings. The fourth-order valence-electron chi connectivity index (χ4n) is 1.58. The molecule has 20 heavy (non-hydrogen) atoms. The Hall–Kier alpha value is -1.15. The molecular weight excluding hydrogens is 278 g/mol. The number of ether oxygens (including phenoxy) is 1. The van der Waals surface area contributed by atoms with Crippen LogP contribution in [0, 0.1) is 6.92 Å². The highest BCUT2D eigenvalue weighted by molar-refractivity contribution is 7.89. The number of hydrogen-bond donors (Lipinski definition) is 2. The molecule has 0 fully saturated rings. The van der Waals surface area contributed by atoms with Gasteiger partial charge >= 0.3 is 0 Å². The van der Waals surface area contributed by atoms with Crippen LogP contribution >= 0.6 is 0 Å². The second kappa shape index (κ2) is 7.58. The predicted molar refractivity (Wildman–Crippen MR) is 80.2 cm³/mol. The molecule has 6 nitrogen and oxygen atoms in total. The molecule has 1 aromatic carbocycles. The summed E-state index contributed by atoms with van der Waals surface area (Å²) in [4.78, 5) is 2.21. The predicted octanol–water partition coefficient (Wildman–Crippen LogP) is 0.434. The summed E-state index contributed by atoms with van der Waals surface area (Å²) in [7, 11) is 0.369. The zero-order chi connectivity index (χ0) is 15.2. The van der Waals surface area contributed by atoms with Crippen LogP contribution in [0.15, 0.2) is 23.1 Å². The van der Waals surface area contributed by atoms with Crippen molar-refractivity contribution >= 4 is 15.7 Å². The van der Waals surface area contributed by atoms with Gasteiger partial charge in [-0.1, -0.05) is 6.07 Å². The van der Waals surface area contributed by atoms with Gasteiger partial charge in [-0.25, -0.2) is 13.1 Å². The van der Waals surface area contributed by atoms with Crippen LogP contribution in [-0.2, 0) is 14.8 Å². The Morgan fingerprint density at radius 3 is 2.65 bits per heavy atom. The van der Waals surface area contributed by atoms with Crippen LogP contribution in [0.4, 0.5) is 5.69 Å². The third-order valence-corrected chi connectivity index (χ3v) is 4.33. The molecule has 0 aliphatic carbocycles. The summed E-state index contributed by atoms with van der Waals surface area (Å²) < 4.78 is 32.1. The van der Waals surface area contributed by atoms with Crippen LogP contribution in [0.5, 0.6) is 0 Å². The zero-order valence-corrected chi connectivity index (χ0v) is 13.0. The summed E-state index contributed by atoms with van der Waals surface area (Å²) >= 11 is 0. The molecule has 3 N–H and O–H groups in total. The smallest absolute Gasteiger partial charge is 0.240 e. The molecule has 0 bridgehead atoms. The van der Waals surface area contributed by atoms with E-state index < -0.39 is 10.0 Å². The van der Waals surface area contributed by atoms with Gasteiger partial charge in [-0.05, 0) is 38.7 Å². The molecule has 1 rings (SSSR count). The summed E-state index contributed by atoms with van der Waals surface area (Å²) in [6.07, 6.45) is 0. The molecule has 0 unspecified atom stereocenters. The zero-order valence-electron chi connectivity index (χ0n) is 12.2. The van der Waals surface area contributed by atoms with Gasteiger partial charge in [0.25, 0.3) is 0 Å². The van der Waals surface area contributed by atoms with Crippen LogP contribution in [-0.4, -0.2) is 53.7 Å². The summed E-state index contributed by atoms with van der Waals surface area (Å²) in [5, 5.41) is 0. The molecule has 0 atom stereocenters. The van der Waals surface area contributed by atoms with Crippen molar-refractivity contribution in [3.05, 3.63) is 23.8 Å². The van der Waals surface area contributed by atoms with Gasteiger partial charge in [0.05, 0.1) is 18.1 Å². The van der Waals surface area contributed by atoms with Crippen LogP contribution in [0.1, 0.15) is 5.56 Å². The SMILES string of the molecule is Cc1ccc(N)cc1S(=O)(=O)NCCOCCN(C)C. The van der Waals surface area contributed by atoms with Gasteiger partial charge in [-0.15, -0.1) is 0 Å². The van der Waals surface area contributed by atoms with Crippen molar-refractivity contribution in [2.45, 2.75) is 11.8 Å². The molecule has 0 aromatic heterocycles. The summed E-state index contributed by atoms with van der Waals surface area (Å²) in [6.45, 7) is 3.70. The highest BCUT2D eigenvalue weighted by Gasteiger charge is 2.16. The third kappa shape index (κ3) is 5.46. The Morgan fingerprint density at radius 2 is 2.00 bits per heavy atom. The number of sulfonamides is 1. The second-order valence-corrected chi connectivity index (χ2v) is 6.57. The third-order valence-electron chi connectivity index (χ3n) is 2.72. The van der Waals surface area contributed by atoms with E-state index in [2.05, 4.69) is 4.72 Å². The lowest BCUT2D eigenvalue weighted by molar-refractivity contribution is 0.122. The van der Waals surface area contributed by atoms with E-state index in [1.54, 1.807) is 19.1 Å². The average Bonchev–Trinajstić information content (AvgIpc) is 2.36. The number of rotatable bonds is 8. The van der Waals surface area contributed by atoms with Gasteiger partial charge in [0.2, 0.25) is 10.0 Å². The van der Waals surface area contributed by atoms with E-state index >= 15 is 0 Å². The number of likely N-dealkylation sites (N-methyl/N-ethyl adjacent to an activating group) is 1. The van der Waals surface area contributed by atoms with Gasteiger partial charge in [0.1, 0.15) is 0 Å². The van der Waals surface area contributed by atoms with Crippen LogP contribution < -0.4 is 10.5 Å². The standard InChI is InChI=1S/C13H23N3O3S/c1-11-4-5-12(14)10-13(11)20(17,18)15-6-8-19-9-7-16(2)3/h4-5,10,15H,6-9,14H2,1-3H3. The van der Waals surface area contributed by atoms with E-state index in [-0.39, 0.29) is 11.4 Å². The fraction of sp³-hybridized carbons (Fsp3) is 0.538. The molecule has 114 valence electrons. The topological polar surface area (TPSA) is 84.7 Å². The van der Waals surface area contributed by atoms with E-state index in [0.717, 1.165) is 6.54 Å². The van der Waals surface area contributed by atoms with Crippen LogP contribution in [0.3, 0.4) is 0 Å². The number of nitrogens with zero attached hydrogens (tertiary/aromatic N) is 1. The highest BCUT2D eigenvalue weighted by atomic mass is 32.2. The molecule has 0 radical (unpaired) electrons. The maximum Gasteiger partial charge on any atom is 0.240 e. The molecule has 7 heteroatoms. The minimum absolute atomic E-state index is 0.214. The lowest BCUT2D eigenvalue weighted by Gasteiger charge is -2.11. The maximum atomic E-state index is 12.1. The van der Waals surface area contributed by atoms with Crippen LogP contribution in [0.25, 0.3) is 0 Å². The van der Waals surface area contributed by atoms with E-state index in [0.29, 0.717) is 24.5 Å². The van der Waals surface area contributed by atoms with Crippen molar-refractivity contribution in [3.63, 3.8) is 0 Å². The average molecular weight is 301 g/mol. The molecular formula is C13H23N3O3S. The van der Waals surface area contributed by atoms with Crippen molar-refractivity contribution < 1.29 is 13.2 Å². The summed E-state index contributed by atoms with van der Waals surface area (Å²) in [5.74, 6) is 0. The minimum atomic E-state index is -3.54. The van der Waals surface area contributed by atoms with Crippen molar-refractivity contribution in [1.29, 1.82) is 0 Å². The normalized spacial score (nSPS) is 12.0. The number of nitrogen functional groups attached to an aromatic ring is 1. The monoisotopic (exact) mass is 301 g/mol. The summed E-state index contributed by atoms with van der Waals surface area (Å²) in [6, 6.07) is 4.83. The van der Waals surface area contributed by atoms with Gasteiger partial charge in [0, 0.05) is 18.8 Å². The lowest BCUT2D eigenvalue weighted by Crippen LogP contribution is -2.29. The molecule has 0 heterocycles. The Labute approximate surface area is 121 Å². The molecule has 0 aliphatic rings. The van der Waals surface area contributed by atoms with E-state index in [1.807, 2.05) is 19.0 Å². The quantitative estimate of drug-likeness (QED) is 0.537. The Bertz CT molecular complexity index is 530. The second-order valence-electron chi connectivity index (χ2n) is 4.84. The Morgan fingerprint density at radius 1 is 1.30 bits per heavy atom. The number of hydrogen-bond acceptors (Lipinski definition) is 5.